The smallest absolute Gasteiger partial charge is 0.243 e. The second-order valence-corrected chi connectivity index (χ2v) is 9.97. The number of ether oxygens (including phenoxy) is 1. The van der Waals surface area contributed by atoms with Crippen molar-refractivity contribution >= 4 is 22.8 Å². The molecular formula is C28H35N5O3. The van der Waals surface area contributed by atoms with Gasteiger partial charge in [-0.2, -0.15) is 0 Å². The highest BCUT2D eigenvalue weighted by Crippen LogP contribution is 2.29. The highest BCUT2D eigenvalue weighted by atomic mass is 16.5. The SMILES string of the molecule is COCc1ccc(-c2cc(CN3CCCCC3)c3ccn(C)c3n2)cc1CNC1CCC(=O)NC1=O. The summed E-state index contributed by atoms with van der Waals surface area (Å²) in [7, 11) is 3.73. The van der Waals surface area contributed by atoms with Gasteiger partial charge in [0.15, 0.2) is 0 Å². The van der Waals surface area contributed by atoms with Crippen LogP contribution in [0.2, 0.25) is 0 Å². The van der Waals surface area contributed by atoms with E-state index in [2.05, 4.69) is 56.6 Å². The summed E-state index contributed by atoms with van der Waals surface area (Å²) in [5.41, 5.74) is 6.41. The number of nitrogens with one attached hydrogen (secondary N) is 2. The maximum Gasteiger partial charge on any atom is 0.243 e. The molecule has 0 aliphatic carbocycles. The van der Waals surface area contributed by atoms with Gasteiger partial charge in [0.25, 0.3) is 0 Å². The lowest BCUT2D eigenvalue weighted by Gasteiger charge is -2.27. The van der Waals surface area contributed by atoms with E-state index in [-0.39, 0.29) is 17.9 Å². The third kappa shape index (κ3) is 5.36. The Morgan fingerprint density at radius 2 is 1.92 bits per heavy atom. The van der Waals surface area contributed by atoms with Crippen molar-refractivity contribution in [3.63, 3.8) is 0 Å². The molecule has 5 rings (SSSR count). The van der Waals surface area contributed by atoms with Crippen LogP contribution < -0.4 is 10.6 Å². The Labute approximate surface area is 212 Å². The molecule has 190 valence electrons. The first kappa shape index (κ1) is 24.6. The highest BCUT2D eigenvalue weighted by Gasteiger charge is 2.26. The number of fused-ring (bicyclic) bond motifs is 1. The number of imide groups is 1. The van der Waals surface area contributed by atoms with Crippen molar-refractivity contribution in [1.29, 1.82) is 0 Å². The van der Waals surface area contributed by atoms with Crippen LogP contribution in [0.5, 0.6) is 0 Å². The lowest BCUT2D eigenvalue weighted by molar-refractivity contribution is -0.134. The van der Waals surface area contributed by atoms with Crippen LogP contribution in [0, 0.1) is 0 Å². The molecule has 1 aromatic carbocycles. The van der Waals surface area contributed by atoms with Gasteiger partial charge in [0.05, 0.1) is 18.3 Å². The van der Waals surface area contributed by atoms with E-state index in [4.69, 9.17) is 9.72 Å². The van der Waals surface area contributed by atoms with Gasteiger partial charge in [0.1, 0.15) is 5.65 Å². The van der Waals surface area contributed by atoms with Crippen LogP contribution in [0.25, 0.3) is 22.3 Å². The third-order valence-corrected chi connectivity index (χ3v) is 7.35. The standard InChI is InChI=1S/C28H35N5O3/c1-32-13-10-23-22(17-33-11-4-3-5-12-33)15-25(30-27(23)32)19-6-7-20(18-36-2)21(14-19)16-29-24-8-9-26(34)31-28(24)35/h6-7,10,13-15,24,29H,3-5,8-9,11-12,16-18H2,1-2H3,(H,31,34,35). The molecule has 2 N–H and O–H groups in total. The van der Waals surface area contributed by atoms with Crippen LogP contribution in [0.3, 0.4) is 0 Å². The van der Waals surface area contributed by atoms with Crippen molar-refractivity contribution in [2.45, 2.75) is 57.8 Å². The number of pyridine rings is 1. The first-order valence-electron chi connectivity index (χ1n) is 12.9. The summed E-state index contributed by atoms with van der Waals surface area (Å²) in [6.07, 6.45) is 6.80. The van der Waals surface area contributed by atoms with E-state index in [1.807, 2.05) is 7.05 Å². The summed E-state index contributed by atoms with van der Waals surface area (Å²) in [6, 6.07) is 10.4. The molecule has 1 unspecified atom stereocenters. The van der Waals surface area contributed by atoms with E-state index >= 15 is 0 Å². The van der Waals surface area contributed by atoms with Crippen molar-refractivity contribution in [2.24, 2.45) is 7.05 Å². The Morgan fingerprint density at radius 3 is 2.69 bits per heavy atom. The number of likely N-dealkylation sites (tertiary alicyclic amines) is 1. The molecule has 0 bridgehead atoms. The Morgan fingerprint density at radius 1 is 1.08 bits per heavy atom. The number of rotatable bonds is 8. The van der Waals surface area contributed by atoms with Gasteiger partial charge in [0.2, 0.25) is 11.8 Å². The van der Waals surface area contributed by atoms with Crippen LogP contribution in [0.15, 0.2) is 36.5 Å². The Kier molecular flexibility index (Phi) is 7.46. The van der Waals surface area contributed by atoms with Crippen LogP contribution in [-0.4, -0.2) is 52.5 Å². The molecule has 3 aromatic rings. The van der Waals surface area contributed by atoms with Gasteiger partial charge in [-0.15, -0.1) is 0 Å². The van der Waals surface area contributed by atoms with Crippen LogP contribution in [0.1, 0.15) is 48.8 Å². The average Bonchev–Trinajstić information content (AvgIpc) is 3.26. The minimum atomic E-state index is -0.379. The summed E-state index contributed by atoms with van der Waals surface area (Å²) in [5, 5.41) is 6.97. The predicted octanol–water partition coefficient (Wildman–Crippen LogP) is 3.27. The van der Waals surface area contributed by atoms with Gasteiger partial charge in [-0.1, -0.05) is 18.6 Å². The zero-order valence-corrected chi connectivity index (χ0v) is 21.2. The van der Waals surface area contributed by atoms with Gasteiger partial charge in [-0.3, -0.25) is 19.8 Å². The van der Waals surface area contributed by atoms with E-state index in [1.165, 1.54) is 30.2 Å². The minimum Gasteiger partial charge on any atom is -0.380 e. The number of carbonyl (C=O) groups is 2. The van der Waals surface area contributed by atoms with Gasteiger partial charge in [0, 0.05) is 50.8 Å². The van der Waals surface area contributed by atoms with E-state index in [0.29, 0.717) is 26.0 Å². The van der Waals surface area contributed by atoms with Crippen LogP contribution in [-0.2, 0) is 41.1 Å². The van der Waals surface area contributed by atoms with Crippen molar-refractivity contribution in [2.75, 3.05) is 20.2 Å². The number of carbonyl (C=O) groups excluding carboxylic acids is 2. The fourth-order valence-electron chi connectivity index (χ4n) is 5.31. The van der Waals surface area contributed by atoms with Gasteiger partial charge in [-0.25, -0.2) is 4.98 Å². The first-order chi connectivity index (χ1) is 17.5. The summed E-state index contributed by atoms with van der Waals surface area (Å²) in [4.78, 5) is 31.3. The van der Waals surface area contributed by atoms with E-state index in [0.717, 1.165) is 47.7 Å². The largest absolute Gasteiger partial charge is 0.380 e. The molecule has 36 heavy (non-hydrogen) atoms. The van der Waals surface area contributed by atoms with Gasteiger partial charge in [-0.05, 0) is 67.2 Å². The van der Waals surface area contributed by atoms with E-state index in [9.17, 15) is 9.59 Å². The lowest BCUT2D eigenvalue weighted by Crippen LogP contribution is -2.50. The molecular weight excluding hydrogens is 454 g/mol. The molecule has 0 radical (unpaired) electrons. The molecule has 8 nitrogen and oxygen atoms in total. The molecule has 2 fully saturated rings. The summed E-state index contributed by atoms with van der Waals surface area (Å²) >= 11 is 0. The minimum absolute atomic E-state index is 0.206. The first-order valence-corrected chi connectivity index (χ1v) is 12.9. The summed E-state index contributed by atoms with van der Waals surface area (Å²) in [6.45, 7) is 4.21. The third-order valence-electron chi connectivity index (χ3n) is 7.35. The van der Waals surface area contributed by atoms with Crippen molar-refractivity contribution in [3.05, 3.63) is 53.2 Å². The number of aryl methyl sites for hydroxylation is 1. The fourth-order valence-corrected chi connectivity index (χ4v) is 5.31. The Hall–Kier alpha value is -3.07. The molecule has 2 saturated heterocycles. The molecule has 2 aliphatic heterocycles. The topological polar surface area (TPSA) is 88.5 Å². The van der Waals surface area contributed by atoms with Crippen molar-refractivity contribution < 1.29 is 14.3 Å². The van der Waals surface area contributed by atoms with Crippen molar-refractivity contribution in [3.8, 4) is 11.3 Å². The Bertz CT molecular complexity index is 1260. The molecule has 2 amide bonds. The zero-order chi connectivity index (χ0) is 25.1. The fraction of sp³-hybridized carbons (Fsp3) is 0.464. The highest BCUT2D eigenvalue weighted by molar-refractivity contribution is 6.00. The molecule has 2 aromatic heterocycles. The molecule has 1 atom stereocenters. The number of hydrogen-bond acceptors (Lipinski definition) is 6. The van der Waals surface area contributed by atoms with Crippen LogP contribution >= 0.6 is 0 Å². The van der Waals surface area contributed by atoms with Crippen molar-refractivity contribution in [1.82, 2.24) is 25.1 Å². The molecule has 0 spiro atoms. The second kappa shape index (κ2) is 10.9. The molecule has 0 saturated carbocycles. The number of benzene rings is 1. The normalized spacial score (nSPS) is 19.1. The summed E-state index contributed by atoms with van der Waals surface area (Å²) < 4.78 is 7.52. The molecule has 4 heterocycles. The quantitative estimate of drug-likeness (QED) is 0.472. The average molecular weight is 490 g/mol. The predicted molar refractivity (Wildman–Crippen MR) is 139 cm³/mol. The maximum absolute atomic E-state index is 12.2. The number of hydrogen-bond donors (Lipinski definition) is 2. The number of amides is 2. The number of nitrogens with zero attached hydrogens (tertiary/aromatic N) is 3. The number of piperidine rings is 2. The summed E-state index contributed by atoms with van der Waals surface area (Å²) in [5.74, 6) is -0.462. The molecule has 8 heteroatoms. The van der Waals surface area contributed by atoms with E-state index in [1.54, 1.807) is 7.11 Å². The number of methoxy groups -OCH3 is 1. The number of aromatic nitrogens is 2. The van der Waals surface area contributed by atoms with Crippen LogP contribution in [0.4, 0.5) is 0 Å². The second-order valence-electron chi connectivity index (χ2n) is 9.97. The lowest BCUT2D eigenvalue weighted by atomic mass is 9.99. The zero-order valence-electron chi connectivity index (χ0n) is 21.2. The van der Waals surface area contributed by atoms with Gasteiger partial charge >= 0.3 is 0 Å². The van der Waals surface area contributed by atoms with Gasteiger partial charge < -0.3 is 14.6 Å². The monoisotopic (exact) mass is 489 g/mol. The Balaban J connectivity index is 1.45. The molecule has 2 aliphatic rings. The van der Waals surface area contributed by atoms with E-state index < -0.39 is 0 Å². The maximum atomic E-state index is 12.2.